The predicted molar refractivity (Wildman–Crippen MR) is 311 cm³/mol. The average molecular weight is 1040 g/mol. The molecule has 1 N–H and O–H groups in total. The van der Waals surface area contributed by atoms with Crippen molar-refractivity contribution < 1.29 is 38.1 Å². The van der Waals surface area contributed by atoms with Crippen LogP contribution in [0, 0.1) is 0 Å². The lowest BCUT2D eigenvalue weighted by Gasteiger charge is -2.31. The van der Waals surface area contributed by atoms with E-state index in [1.54, 1.807) is 24.3 Å². The van der Waals surface area contributed by atoms with Gasteiger partial charge in [-0.25, -0.2) is 0 Å². The summed E-state index contributed by atoms with van der Waals surface area (Å²) in [5.41, 5.74) is 4.74. The van der Waals surface area contributed by atoms with Gasteiger partial charge in [0.1, 0.15) is 46.0 Å². The van der Waals surface area contributed by atoms with Crippen LogP contribution >= 0.6 is 0 Å². The number of hydrogen-bond donors (Lipinski definition) is 1. The van der Waals surface area contributed by atoms with Crippen molar-refractivity contribution in [2.24, 2.45) is 0 Å². The molecule has 0 unspecified atom stereocenters. The number of imide groups is 2. The molecule has 2 aliphatic rings. The van der Waals surface area contributed by atoms with Gasteiger partial charge in [-0.1, -0.05) is 145 Å². The number of unbranched alkanes of at least 4 members (excludes halogenated alkanes) is 1. The summed E-state index contributed by atoms with van der Waals surface area (Å²) in [6.45, 7) is 28.0. The summed E-state index contributed by atoms with van der Waals surface area (Å²) >= 11 is 0. The number of amides is 4. The van der Waals surface area contributed by atoms with Gasteiger partial charge in [-0.05, 0) is 123 Å². The van der Waals surface area contributed by atoms with E-state index in [1.165, 1.54) is 4.90 Å². The van der Waals surface area contributed by atoms with Crippen LogP contribution < -0.4 is 24.3 Å². The largest absolute Gasteiger partial charge is 0.457 e. The average Bonchev–Trinajstić information content (AvgIpc) is 2.33. The molecule has 0 fully saturated rings. The van der Waals surface area contributed by atoms with Crippen molar-refractivity contribution in [3.8, 4) is 46.0 Å². The number of rotatable bonds is 11. The third kappa shape index (κ3) is 8.94. The maximum Gasteiger partial charge on any atom is 0.261 e. The van der Waals surface area contributed by atoms with E-state index in [9.17, 15) is 9.59 Å². The van der Waals surface area contributed by atoms with E-state index in [4.69, 9.17) is 18.9 Å². The van der Waals surface area contributed by atoms with Crippen molar-refractivity contribution in [1.82, 2.24) is 10.2 Å². The highest BCUT2D eigenvalue weighted by atomic mass is 16.5. The Morgan fingerprint density at radius 1 is 0.359 bits per heavy atom. The molecular weight excluding hydrogens is 973 g/mol. The van der Waals surface area contributed by atoms with Crippen molar-refractivity contribution in [1.29, 1.82) is 0 Å². The Bertz CT molecular complexity index is 3690. The van der Waals surface area contributed by atoms with E-state index in [1.807, 2.05) is 104 Å². The van der Waals surface area contributed by atoms with Gasteiger partial charge < -0.3 is 18.9 Å². The topological polar surface area (TPSA) is 120 Å². The molecule has 10 nitrogen and oxygen atoms in total. The van der Waals surface area contributed by atoms with Gasteiger partial charge >= 0.3 is 0 Å². The number of ether oxygens (including phenoxy) is 4. The molecule has 0 spiro atoms. The molecule has 0 bridgehead atoms. The van der Waals surface area contributed by atoms with E-state index >= 15 is 9.59 Å². The molecule has 0 aromatic heterocycles. The second kappa shape index (κ2) is 18.5. The van der Waals surface area contributed by atoms with Gasteiger partial charge in [0.05, 0.1) is 22.3 Å². The molecule has 2 aliphatic heterocycles. The number of benzene rings is 9. The molecule has 0 aliphatic carbocycles. The SMILES string of the molecule is CCCCN1C(=O)c2cc(Oc3ccc(C(C)(C)C)cc3)c3c4c(Oc5ccc(C(C)(C)C)cc5)cc5c6c(cc(Oc7ccc(C(C)(C)C)cc7)c(c7c(Oc8ccc(C(C)(C)C)cc8)cc(c2c37)C1=O)c64)C(=O)NC5=O. The number of nitrogens with one attached hydrogen (secondary N) is 1. The molecule has 11 rings (SSSR count). The molecule has 9 aromatic rings. The van der Waals surface area contributed by atoms with Gasteiger partial charge in [-0.3, -0.25) is 29.4 Å². The smallest absolute Gasteiger partial charge is 0.261 e. The van der Waals surface area contributed by atoms with Crippen molar-refractivity contribution in [3.05, 3.63) is 166 Å². The van der Waals surface area contributed by atoms with Crippen LogP contribution in [0.2, 0.25) is 0 Å². The van der Waals surface area contributed by atoms with E-state index in [0.29, 0.717) is 72.5 Å². The summed E-state index contributed by atoms with van der Waals surface area (Å²) in [4.78, 5) is 60.8. The zero-order chi connectivity index (χ0) is 55.5. The third-order valence-corrected chi connectivity index (χ3v) is 15.4. The van der Waals surface area contributed by atoms with Crippen LogP contribution in [-0.2, 0) is 21.7 Å². The number of fused-ring (bicyclic) bond motifs is 2. The summed E-state index contributed by atoms with van der Waals surface area (Å²) in [6.07, 6.45) is 1.35. The first kappa shape index (κ1) is 51.8. The molecular formula is C68H66N2O8. The number of nitrogens with zero attached hydrogens (tertiary/aromatic N) is 1. The fourth-order valence-corrected chi connectivity index (χ4v) is 10.9. The molecule has 0 radical (unpaired) electrons. The highest BCUT2D eigenvalue weighted by Crippen LogP contribution is 2.58. The first-order valence-corrected chi connectivity index (χ1v) is 27.0. The Kier molecular flexibility index (Phi) is 12.3. The number of hydrogen-bond acceptors (Lipinski definition) is 8. The van der Waals surface area contributed by atoms with E-state index in [2.05, 4.69) is 88.4 Å². The highest BCUT2D eigenvalue weighted by molar-refractivity contribution is 6.44. The zero-order valence-electron chi connectivity index (χ0n) is 46.9. The normalized spacial score (nSPS) is 14.0. The minimum Gasteiger partial charge on any atom is -0.457 e. The quantitative estimate of drug-likeness (QED) is 0.0772. The molecule has 78 heavy (non-hydrogen) atoms. The Morgan fingerprint density at radius 3 is 0.872 bits per heavy atom. The van der Waals surface area contributed by atoms with E-state index in [0.717, 1.165) is 28.7 Å². The van der Waals surface area contributed by atoms with Crippen molar-refractivity contribution in [2.75, 3.05) is 6.54 Å². The lowest BCUT2D eigenvalue weighted by molar-refractivity contribution is 0.0607. The fraction of sp³-hybridized carbons (Fsp3) is 0.294. The van der Waals surface area contributed by atoms with Gasteiger partial charge in [0, 0.05) is 49.6 Å². The van der Waals surface area contributed by atoms with Gasteiger partial charge in [0.2, 0.25) is 0 Å². The maximum absolute atomic E-state index is 15.2. The van der Waals surface area contributed by atoms with Crippen LogP contribution in [0.1, 0.15) is 167 Å². The van der Waals surface area contributed by atoms with Gasteiger partial charge in [0.15, 0.2) is 0 Å². The second-order valence-corrected chi connectivity index (χ2v) is 25.1. The van der Waals surface area contributed by atoms with Crippen molar-refractivity contribution >= 4 is 66.7 Å². The van der Waals surface area contributed by atoms with Gasteiger partial charge in [-0.15, -0.1) is 0 Å². The highest BCUT2D eigenvalue weighted by Gasteiger charge is 2.40. The van der Waals surface area contributed by atoms with Crippen LogP contribution in [0.4, 0.5) is 0 Å². The second-order valence-electron chi connectivity index (χ2n) is 25.1. The Morgan fingerprint density at radius 2 is 0.615 bits per heavy atom. The van der Waals surface area contributed by atoms with Crippen LogP contribution in [0.15, 0.2) is 121 Å². The van der Waals surface area contributed by atoms with E-state index < -0.39 is 23.6 Å². The standard InChI is InChI=1S/C68H66N2O8/c1-14-15-32-70-63(73)47-35-51(77-43-28-20-39(21-29-43)67(8,9)10)57-55-49(75-41-24-16-37(17-25-41)65(2,3)4)33-45-53-46(62(72)69-61(45)71)34-50(76-42-26-18-38(19-27-42)66(5,6)7)56(59(53)55)58-52(36-48(64(70)74)54(47)60(57)58)78-44-30-22-40(23-31-44)68(11,12)13/h16-31,33-36H,14-15,32H2,1-13H3,(H,69,71,72). The Labute approximate surface area is 456 Å². The molecule has 0 saturated heterocycles. The molecule has 10 heteroatoms. The third-order valence-electron chi connectivity index (χ3n) is 15.4. The monoisotopic (exact) mass is 1040 g/mol. The van der Waals surface area contributed by atoms with Gasteiger partial charge in [-0.2, -0.15) is 0 Å². The lowest BCUT2D eigenvalue weighted by Crippen LogP contribution is -2.41. The van der Waals surface area contributed by atoms with Crippen molar-refractivity contribution in [3.63, 3.8) is 0 Å². The number of carbonyl (C=O) groups excluding carboxylic acids is 4. The molecule has 0 saturated carbocycles. The van der Waals surface area contributed by atoms with Crippen LogP contribution in [0.25, 0.3) is 43.1 Å². The molecule has 4 amide bonds. The minimum atomic E-state index is -0.602. The van der Waals surface area contributed by atoms with Crippen molar-refractivity contribution in [2.45, 2.75) is 125 Å². The van der Waals surface area contributed by atoms with Crippen LogP contribution in [0.3, 0.4) is 0 Å². The summed E-state index contributed by atoms with van der Waals surface area (Å²) < 4.78 is 28.5. The molecule has 9 aromatic carbocycles. The molecule has 0 atom stereocenters. The summed E-state index contributed by atoms with van der Waals surface area (Å²) in [7, 11) is 0. The lowest BCUT2D eigenvalue weighted by atomic mass is 9.80. The fourth-order valence-electron chi connectivity index (χ4n) is 10.9. The maximum atomic E-state index is 15.2. The van der Waals surface area contributed by atoms with E-state index in [-0.39, 0.29) is 73.5 Å². The first-order chi connectivity index (χ1) is 36.8. The molecule has 2 heterocycles. The van der Waals surface area contributed by atoms with Gasteiger partial charge in [0.25, 0.3) is 23.6 Å². The minimum absolute atomic E-state index is 0.149. The number of carbonyl (C=O) groups is 4. The summed E-state index contributed by atoms with van der Waals surface area (Å²) in [5.74, 6) is 0.934. The molecule has 396 valence electrons. The summed E-state index contributed by atoms with van der Waals surface area (Å²) in [5, 5.41) is 6.19. The Hall–Kier alpha value is -8.24. The van der Waals surface area contributed by atoms with Crippen LogP contribution in [0.5, 0.6) is 46.0 Å². The Balaban J connectivity index is 1.34. The van der Waals surface area contributed by atoms with Crippen LogP contribution in [-0.4, -0.2) is 35.1 Å². The first-order valence-electron chi connectivity index (χ1n) is 27.0. The summed E-state index contributed by atoms with van der Waals surface area (Å²) in [6, 6.07) is 38.3. The predicted octanol–water partition coefficient (Wildman–Crippen LogP) is 17.4. The zero-order valence-corrected chi connectivity index (χ0v) is 46.9.